The molecule has 1 unspecified atom stereocenters. The summed E-state index contributed by atoms with van der Waals surface area (Å²) in [5, 5.41) is 3.17. The van der Waals surface area contributed by atoms with Crippen LogP contribution in [0.5, 0.6) is 5.75 Å². The lowest BCUT2D eigenvalue weighted by molar-refractivity contribution is -0.121. The average Bonchev–Trinajstić information content (AvgIpc) is 2.40. The van der Waals surface area contributed by atoms with Gasteiger partial charge in [-0.1, -0.05) is 6.07 Å². The predicted octanol–water partition coefficient (Wildman–Crippen LogP) is 1.32. The number of benzene rings is 1. The fourth-order valence-corrected chi connectivity index (χ4v) is 2.12. The number of nitrogens with one attached hydrogen (secondary N) is 1. The minimum Gasteiger partial charge on any atom is -0.494 e. The molecular weight excluding hydrogens is 249 g/mol. The van der Waals surface area contributed by atoms with Gasteiger partial charge in [-0.05, 0) is 17.7 Å². The molecule has 0 radical (unpaired) electrons. The zero-order valence-corrected chi connectivity index (χ0v) is 10.9. The minimum absolute atomic E-state index is 0.0540. The molecule has 1 fully saturated rings. The molecule has 1 aromatic carbocycles. The monoisotopic (exact) mass is 267 g/mol. The van der Waals surface area contributed by atoms with Gasteiger partial charge in [-0.15, -0.1) is 0 Å². The van der Waals surface area contributed by atoms with Crippen molar-refractivity contribution in [1.82, 2.24) is 5.32 Å². The van der Waals surface area contributed by atoms with Gasteiger partial charge in [-0.2, -0.15) is 0 Å². The molecule has 5 heteroatoms. The van der Waals surface area contributed by atoms with E-state index in [4.69, 9.17) is 9.47 Å². The number of carbonyl (C=O) groups is 1. The van der Waals surface area contributed by atoms with Gasteiger partial charge in [0.15, 0.2) is 11.6 Å². The summed E-state index contributed by atoms with van der Waals surface area (Å²) in [5.74, 6) is -0.197. The number of halogens is 1. The molecule has 4 nitrogen and oxygen atoms in total. The Morgan fingerprint density at radius 3 is 3.05 bits per heavy atom. The highest BCUT2D eigenvalue weighted by Crippen LogP contribution is 2.18. The lowest BCUT2D eigenvalue weighted by atomic mass is 10.0. The molecule has 0 spiro atoms. The highest BCUT2D eigenvalue weighted by Gasteiger charge is 2.17. The SMILES string of the molecule is COc1ccc(CC(=O)CC2CNCCO2)cc1F. The van der Waals surface area contributed by atoms with Crippen molar-refractivity contribution in [2.24, 2.45) is 0 Å². The van der Waals surface area contributed by atoms with Crippen molar-refractivity contribution in [1.29, 1.82) is 0 Å². The van der Waals surface area contributed by atoms with Gasteiger partial charge < -0.3 is 14.8 Å². The summed E-state index contributed by atoms with van der Waals surface area (Å²) in [6.45, 7) is 2.16. The Bertz CT molecular complexity index is 444. The Labute approximate surface area is 111 Å². The van der Waals surface area contributed by atoms with Crippen LogP contribution in [0.4, 0.5) is 4.39 Å². The summed E-state index contributed by atoms with van der Waals surface area (Å²) in [4.78, 5) is 11.9. The van der Waals surface area contributed by atoms with E-state index in [1.165, 1.54) is 19.2 Å². The zero-order chi connectivity index (χ0) is 13.7. The smallest absolute Gasteiger partial charge is 0.165 e. The maximum atomic E-state index is 13.5. The standard InChI is InChI=1S/C14H18FNO3/c1-18-14-3-2-10(7-13(14)15)6-11(17)8-12-9-16-4-5-19-12/h2-3,7,12,16H,4-6,8-9H2,1H3. The summed E-state index contributed by atoms with van der Waals surface area (Å²) in [7, 11) is 1.41. The van der Waals surface area contributed by atoms with Gasteiger partial charge in [0.05, 0.1) is 19.8 Å². The normalized spacial score (nSPS) is 19.2. The Morgan fingerprint density at radius 2 is 2.42 bits per heavy atom. The van der Waals surface area contributed by atoms with E-state index in [1.807, 2.05) is 0 Å². The third kappa shape index (κ3) is 4.01. The first-order valence-electron chi connectivity index (χ1n) is 6.35. The number of hydrogen-bond donors (Lipinski definition) is 1. The molecule has 0 aromatic heterocycles. The van der Waals surface area contributed by atoms with Crippen molar-refractivity contribution in [2.45, 2.75) is 18.9 Å². The van der Waals surface area contributed by atoms with Gasteiger partial charge in [0, 0.05) is 25.9 Å². The summed E-state index contributed by atoms with van der Waals surface area (Å²) < 4.78 is 23.8. The second-order valence-electron chi connectivity index (χ2n) is 4.59. The Balaban J connectivity index is 1.89. The molecule has 0 amide bonds. The van der Waals surface area contributed by atoms with Crippen LogP contribution in [0.1, 0.15) is 12.0 Å². The highest BCUT2D eigenvalue weighted by molar-refractivity contribution is 5.81. The number of methoxy groups -OCH3 is 1. The molecule has 1 N–H and O–H groups in total. The van der Waals surface area contributed by atoms with E-state index in [1.54, 1.807) is 6.07 Å². The second kappa shape index (κ2) is 6.63. The van der Waals surface area contributed by atoms with Crippen molar-refractivity contribution in [3.8, 4) is 5.75 Å². The van der Waals surface area contributed by atoms with Crippen LogP contribution in [0.25, 0.3) is 0 Å². The van der Waals surface area contributed by atoms with E-state index in [2.05, 4.69) is 5.32 Å². The summed E-state index contributed by atoms with van der Waals surface area (Å²) >= 11 is 0. The first-order valence-corrected chi connectivity index (χ1v) is 6.35. The van der Waals surface area contributed by atoms with Crippen molar-refractivity contribution >= 4 is 5.78 Å². The van der Waals surface area contributed by atoms with E-state index in [0.29, 0.717) is 25.1 Å². The van der Waals surface area contributed by atoms with Crippen LogP contribution in [0, 0.1) is 5.82 Å². The molecule has 2 rings (SSSR count). The fraction of sp³-hybridized carbons (Fsp3) is 0.500. The maximum Gasteiger partial charge on any atom is 0.165 e. The molecule has 0 aliphatic carbocycles. The molecule has 1 saturated heterocycles. The molecule has 1 aliphatic rings. The molecule has 1 aromatic rings. The van der Waals surface area contributed by atoms with Crippen LogP contribution < -0.4 is 10.1 Å². The van der Waals surface area contributed by atoms with Crippen LogP contribution in [0.3, 0.4) is 0 Å². The number of hydrogen-bond acceptors (Lipinski definition) is 4. The van der Waals surface area contributed by atoms with E-state index in [9.17, 15) is 9.18 Å². The minimum atomic E-state index is -0.441. The molecule has 1 aliphatic heterocycles. The Hall–Kier alpha value is -1.46. The largest absolute Gasteiger partial charge is 0.494 e. The van der Waals surface area contributed by atoms with Crippen molar-refractivity contribution in [2.75, 3.05) is 26.8 Å². The zero-order valence-electron chi connectivity index (χ0n) is 10.9. The van der Waals surface area contributed by atoms with E-state index < -0.39 is 5.82 Å². The van der Waals surface area contributed by atoms with Crippen LogP contribution >= 0.6 is 0 Å². The van der Waals surface area contributed by atoms with E-state index in [-0.39, 0.29) is 24.1 Å². The van der Waals surface area contributed by atoms with Crippen molar-refractivity contribution in [3.05, 3.63) is 29.6 Å². The number of morpholine rings is 1. The number of rotatable bonds is 5. The lowest BCUT2D eigenvalue weighted by Crippen LogP contribution is -2.39. The third-order valence-corrected chi connectivity index (χ3v) is 3.08. The lowest BCUT2D eigenvalue weighted by Gasteiger charge is -2.22. The maximum absolute atomic E-state index is 13.5. The predicted molar refractivity (Wildman–Crippen MR) is 68.9 cm³/mol. The van der Waals surface area contributed by atoms with Crippen LogP contribution in [-0.2, 0) is 16.0 Å². The van der Waals surface area contributed by atoms with Gasteiger partial charge in [-0.3, -0.25) is 4.79 Å². The molecule has 0 bridgehead atoms. The van der Waals surface area contributed by atoms with Gasteiger partial charge in [0.2, 0.25) is 0 Å². The quantitative estimate of drug-likeness (QED) is 0.874. The Kier molecular flexibility index (Phi) is 4.87. The molecular formula is C14H18FNO3. The molecule has 0 saturated carbocycles. The van der Waals surface area contributed by atoms with Crippen LogP contribution in [0.15, 0.2) is 18.2 Å². The molecule has 1 heterocycles. The fourth-order valence-electron chi connectivity index (χ4n) is 2.12. The third-order valence-electron chi connectivity index (χ3n) is 3.08. The van der Waals surface area contributed by atoms with Gasteiger partial charge in [-0.25, -0.2) is 4.39 Å². The highest BCUT2D eigenvalue weighted by atomic mass is 19.1. The summed E-state index contributed by atoms with van der Waals surface area (Å²) in [5.41, 5.74) is 0.659. The van der Waals surface area contributed by atoms with E-state index in [0.717, 1.165) is 6.54 Å². The van der Waals surface area contributed by atoms with Crippen molar-refractivity contribution < 1.29 is 18.7 Å². The number of ether oxygens (including phenoxy) is 2. The number of carbonyl (C=O) groups excluding carboxylic acids is 1. The molecule has 104 valence electrons. The first-order chi connectivity index (χ1) is 9.19. The van der Waals surface area contributed by atoms with Gasteiger partial charge >= 0.3 is 0 Å². The second-order valence-corrected chi connectivity index (χ2v) is 4.59. The van der Waals surface area contributed by atoms with Crippen LogP contribution in [0.2, 0.25) is 0 Å². The van der Waals surface area contributed by atoms with Crippen LogP contribution in [-0.4, -0.2) is 38.7 Å². The van der Waals surface area contributed by atoms with E-state index >= 15 is 0 Å². The van der Waals surface area contributed by atoms with Crippen molar-refractivity contribution in [3.63, 3.8) is 0 Å². The molecule has 1 atom stereocenters. The first kappa shape index (κ1) is 14.0. The summed E-state index contributed by atoms with van der Waals surface area (Å²) in [6.07, 6.45) is 0.519. The topological polar surface area (TPSA) is 47.6 Å². The van der Waals surface area contributed by atoms with Gasteiger partial charge in [0.25, 0.3) is 0 Å². The van der Waals surface area contributed by atoms with Gasteiger partial charge in [0.1, 0.15) is 5.78 Å². The number of ketones is 1. The Morgan fingerprint density at radius 1 is 1.58 bits per heavy atom. The average molecular weight is 267 g/mol. The number of Topliss-reactive ketones (excluding diaryl/α,β-unsaturated/α-hetero) is 1. The molecule has 19 heavy (non-hydrogen) atoms. The summed E-state index contributed by atoms with van der Waals surface area (Å²) in [6, 6.07) is 4.59.